The maximum Gasteiger partial charge on any atom is 0.417 e. The standard InChI is InChI=1S/C35H59N3O5S.ClH/c1-4-6-7-8-9-10-11-12-13-14-15-16-17-18-19-21-24-36-34(40)42-28-32-26-33(44-32)29-43-35(41)38(30(3)39)27-31-23-20-22-25-37(31)5-2;/h20,22-23,25,32-33H,4-19,21,24,26-29H2,1-3H3;1H/t32-,33+;/m0./s1. The van der Waals surface area contributed by atoms with E-state index in [-0.39, 0.29) is 48.1 Å². The average molecular weight is 670 g/mol. The highest BCUT2D eigenvalue weighted by atomic mass is 35.5. The SMILES string of the molecule is CCCCCCCCCCCCCCCCCCNC(=O)OC[C@@H]1C[C@H](COC(=O)N(Cc2cccc[n+]2CC)C(C)=O)S1.[Cl-]. The van der Waals surface area contributed by atoms with Crippen LogP contribution in [0.4, 0.5) is 9.59 Å². The Morgan fingerprint density at radius 3 is 1.84 bits per heavy atom. The van der Waals surface area contributed by atoms with Crippen LogP contribution < -0.4 is 22.3 Å². The molecular formula is C35H60ClN3O5S. The van der Waals surface area contributed by atoms with Gasteiger partial charge in [0.15, 0.2) is 6.20 Å². The molecule has 0 radical (unpaired) electrons. The Bertz CT molecular complexity index is 948. The minimum atomic E-state index is -0.627. The number of aromatic nitrogens is 1. The average Bonchev–Trinajstić information content (AvgIpc) is 3.00. The van der Waals surface area contributed by atoms with Gasteiger partial charge in [0.05, 0.1) is 0 Å². The first-order valence-electron chi connectivity index (χ1n) is 17.4. The number of alkyl carbamates (subject to hydrolysis) is 1. The zero-order valence-electron chi connectivity index (χ0n) is 28.2. The fourth-order valence-corrected chi connectivity index (χ4v) is 6.69. The number of imide groups is 1. The molecule has 45 heavy (non-hydrogen) atoms. The molecule has 0 unspecified atom stereocenters. The fourth-order valence-electron chi connectivity index (χ4n) is 5.52. The van der Waals surface area contributed by atoms with Crippen molar-refractivity contribution in [2.75, 3.05) is 19.8 Å². The van der Waals surface area contributed by atoms with E-state index in [0.717, 1.165) is 36.4 Å². The summed E-state index contributed by atoms with van der Waals surface area (Å²) in [5.41, 5.74) is 0.866. The van der Waals surface area contributed by atoms with Crippen LogP contribution in [0.2, 0.25) is 0 Å². The minimum Gasteiger partial charge on any atom is -1.00 e. The number of unbranched alkanes of at least 4 members (excludes halogenated alkanes) is 15. The van der Waals surface area contributed by atoms with Crippen molar-refractivity contribution in [3.8, 4) is 0 Å². The molecule has 1 aromatic heterocycles. The number of carbonyl (C=O) groups is 3. The Labute approximate surface area is 283 Å². The molecule has 0 saturated carbocycles. The summed E-state index contributed by atoms with van der Waals surface area (Å²) in [4.78, 5) is 37.9. The lowest BCUT2D eigenvalue weighted by atomic mass is 10.0. The van der Waals surface area contributed by atoms with Gasteiger partial charge in [0.25, 0.3) is 0 Å². The highest BCUT2D eigenvalue weighted by Gasteiger charge is 2.33. The third-order valence-electron chi connectivity index (χ3n) is 8.30. The number of nitrogens with zero attached hydrogens (tertiary/aromatic N) is 2. The van der Waals surface area contributed by atoms with Crippen molar-refractivity contribution in [2.24, 2.45) is 0 Å². The van der Waals surface area contributed by atoms with Crippen LogP contribution in [0, 0.1) is 0 Å². The normalized spacial score (nSPS) is 15.4. The van der Waals surface area contributed by atoms with E-state index in [2.05, 4.69) is 12.2 Å². The molecule has 1 aliphatic rings. The molecule has 10 heteroatoms. The second-order valence-electron chi connectivity index (χ2n) is 12.1. The van der Waals surface area contributed by atoms with Gasteiger partial charge in [-0.25, -0.2) is 19.1 Å². The van der Waals surface area contributed by atoms with Crippen LogP contribution in [0.25, 0.3) is 0 Å². The van der Waals surface area contributed by atoms with Gasteiger partial charge in [-0.3, -0.25) is 4.79 Å². The number of amides is 3. The van der Waals surface area contributed by atoms with Gasteiger partial charge in [-0.2, -0.15) is 0 Å². The van der Waals surface area contributed by atoms with Gasteiger partial charge < -0.3 is 27.2 Å². The Kier molecular flexibility index (Phi) is 23.8. The van der Waals surface area contributed by atoms with E-state index >= 15 is 0 Å². The van der Waals surface area contributed by atoms with Gasteiger partial charge in [-0.1, -0.05) is 109 Å². The van der Waals surface area contributed by atoms with E-state index in [1.165, 1.54) is 96.8 Å². The third kappa shape index (κ3) is 18.7. The van der Waals surface area contributed by atoms with Gasteiger partial charge in [0.2, 0.25) is 11.6 Å². The summed E-state index contributed by atoms with van der Waals surface area (Å²) in [6, 6.07) is 5.71. The number of pyridine rings is 1. The minimum absolute atomic E-state index is 0. The van der Waals surface area contributed by atoms with Crippen LogP contribution in [0.5, 0.6) is 0 Å². The summed E-state index contributed by atoms with van der Waals surface area (Å²) in [6.07, 6.45) is 23.1. The van der Waals surface area contributed by atoms with E-state index in [1.807, 2.05) is 35.9 Å². The van der Waals surface area contributed by atoms with Gasteiger partial charge in [-0.15, -0.1) is 11.8 Å². The summed E-state index contributed by atoms with van der Waals surface area (Å²) in [5.74, 6) is -0.348. The molecule has 1 aliphatic heterocycles. The van der Waals surface area contributed by atoms with Crippen molar-refractivity contribution in [3.05, 3.63) is 30.1 Å². The van der Waals surface area contributed by atoms with E-state index in [1.54, 1.807) is 11.8 Å². The number of thioether (sulfide) groups is 1. The van der Waals surface area contributed by atoms with Gasteiger partial charge >= 0.3 is 12.2 Å². The first-order chi connectivity index (χ1) is 21.4. The van der Waals surface area contributed by atoms with E-state index in [0.29, 0.717) is 13.2 Å². The van der Waals surface area contributed by atoms with Crippen LogP contribution in [-0.4, -0.2) is 53.3 Å². The summed E-state index contributed by atoms with van der Waals surface area (Å²) in [6.45, 7) is 7.82. The molecule has 0 spiro atoms. The van der Waals surface area contributed by atoms with Crippen molar-refractivity contribution in [3.63, 3.8) is 0 Å². The molecule has 1 fully saturated rings. The molecule has 0 bridgehead atoms. The van der Waals surface area contributed by atoms with Gasteiger partial charge in [0.1, 0.15) is 26.3 Å². The molecule has 2 heterocycles. The molecule has 258 valence electrons. The van der Waals surface area contributed by atoms with Crippen molar-refractivity contribution in [1.82, 2.24) is 10.2 Å². The third-order valence-corrected chi connectivity index (χ3v) is 9.73. The quantitative estimate of drug-likeness (QED) is 0.118. The van der Waals surface area contributed by atoms with Crippen molar-refractivity contribution >= 4 is 29.9 Å². The van der Waals surface area contributed by atoms with Crippen LogP contribution >= 0.6 is 11.8 Å². The lowest BCUT2D eigenvalue weighted by Crippen LogP contribution is -3.00. The van der Waals surface area contributed by atoms with Gasteiger partial charge in [-0.05, 0) is 19.8 Å². The van der Waals surface area contributed by atoms with Crippen LogP contribution in [0.15, 0.2) is 24.4 Å². The summed E-state index contributed by atoms with van der Waals surface area (Å²) in [5, 5.41) is 3.21. The largest absolute Gasteiger partial charge is 1.00 e. The first kappa shape index (κ1) is 41.0. The molecule has 1 saturated heterocycles. The molecule has 2 rings (SSSR count). The molecule has 0 aromatic carbocycles. The predicted octanol–water partition coefficient (Wildman–Crippen LogP) is 5.34. The maximum absolute atomic E-state index is 12.6. The second-order valence-corrected chi connectivity index (χ2v) is 13.7. The summed E-state index contributed by atoms with van der Waals surface area (Å²) in [7, 11) is 0. The number of rotatable bonds is 24. The zero-order chi connectivity index (χ0) is 31.8. The topological polar surface area (TPSA) is 88.8 Å². The molecular weight excluding hydrogens is 610 g/mol. The predicted molar refractivity (Wildman–Crippen MR) is 179 cm³/mol. The summed E-state index contributed by atoms with van der Waals surface area (Å²) >= 11 is 1.65. The van der Waals surface area contributed by atoms with Crippen molar-refractivity contribution < 1.29 is 40.8 Å². The van der Waals surface area contributed by atoms with E-state index < -0.39 is 6.09 Å². The number of hydrogen-bond acceptors (Lipinski definition) is 6. The van der Waals surface area contributed by atoms with Crippen LogP contribution in [-0.2, 0) is 27.4 Å². The monoisotopic (exact) mass is 669 g/mol. The summed E-state index contributed by atoms with van der Waals surface area (Å²) < 4.78 is 12.8. The number of halogens is 1. The molecule has 1 aromatic rings. The zero-order valence-corrected chi connectivity index (χ0v) is 29.8. The number of aryl methyl sites for hydroxylation is 1. The molecule has 0 aliphatic carbocycles. The Balaban J connectivity index is 0.0000101. The second kappa shape index (κ2) is 26.1. The highest BCUT2D eigenvalue weighted by Crippen LogP contribution is 2.37. The molecule has 1 N–H and O–H groups in total. The van der Waals surface area contributed by atoms with Gasteiger partial charge in [0, 0.05) is 36.1 Å². The lowest BCUT2D eigenvalue weighted by molar-refractivity contribution is -0.701. The Hall–Kier alpha value is -2.00. The maximum atomic E-state index is 12.6. The smallest absolute Gasteiger partial charge is 0.417 e. The van der Waals surface area contributed by atoms with E-state index in [4.69, 9.17) is 9.47 Å². The van der Waals surface area contributed by atoms with E-state index in [9.17, 15) is 14.4 Å². The number of carbonyl (C=O) groups excluding carboxylic acids is 3. The fraction of sp³-hybridized carbons (Fsp3) is 0.771. The number of hydrogen-bond donors (Lipinski definition) is 1. The van der Waals surface area contributed by atoms with Crippen LogP contribution in [0.1, 0.15) is 136 Å². The molecule has 3 amide bonds. The lowest BCUT2D eigenvalue weighted by Gasteiger charge is -2.34. The van der Waals surface area contributed by atoms with Crippen LogP contribution in [0.3, 0.4) is 0 Å². The highest BCUT2D eigenvalue weighted by molar-refractivity contribution is 8.01. The number of ether oxygens (including phenoxy) is 2. The Morgan fingerprint density at radius 1 is 0.822 bits per heavy atom. The Morgan fingerprint density at radius 2 is 1.33 bits per heavy atom. The molecule has 8 nitrogen and oxygen atoms in total. The number of nitrogens with one attached hydrogen (secondary N) is 1. The van der Waals surface area contributed by atoms with Crippen molar-refractivity contribution in [2.45, 2.75) is 154 Å². The molecule has 2 atom stereocenters. The first-order valence-corrected chi connectivity index (χ1v) is 18.4. The van der Waals surface area contributed by atoms with Crippen molar-refractivity contribution in [1.29, 1.82) is 0 Å².